The molecule has 10 heteroatoms. The van der Waals surface area contributed by atoms with Gasteiger partial charge in [0.2, 0.25) is 5.88 Å². The van der Waals surface area contributed by atoms with Gasteiger partial charge in [-0.05, 0) is 57.4 Å². The van der Waals surface area contributed by atoms with Gasteiger partial charge in [0.05, 0.1) is 17.1 Å². The molecule has 0 aliphatic carbocycles. The number of nitrogens with one attached hydrogen (secondary N) is 1. The summed E-state index contributed by atoms with van der Waals surface area (Å²) < 4.78 is 34.8. The van der Waals surface area contributed by atoms with Crippen molar-refractivity contribution in [1.82, 2.24) is 19.5 Å². The highest BCUT2D eigenvalue weighted by molar-refractivity contribution is 7.90. The van der Waals surface area contributed by atoms with E-state index < -0.39 is 15.9 Å². The van der Waals surface area contributed by atoms with E-state index >= 15 is 0 Å². The van der Waals surface area contributed by atoms with E-state index in [4.69, 9.17) is 9.72 Å². The Kier molecular flexibility index (Phi) is 6.35. The number of sulfonamides is 1. The van der Waals surface area contributed by atoms with E-state index in [9.17, 15) is 13.2 Å². The summed E-state index contributed by atoms with van der Waals surface area (Å²) in [7, 11) is -4.03. The second kappa shape index (κ2) is 9.09. The number of hydrogen-bond donors (Lipinski definition) is 1. The predicted molar refractivity (Wildman–Crippen MR) is 129 cm³/mol. The van der Waals surface area contributed by atoms with Crippen molar-refractivity contribution < 1.29 is 17.9 Å². The summed E-state index contributed by atoms with van der Waals surface area (Å²) in [6, 6.07) is 12.8. The van der Waals surface area contributed by atoms with Gasteiger partial charge >= 0.3 is 0 Å². The van der Waals surface area contributed by atoms with Crippen molar-refractivity contribution in [2.45, 2.75) is 44.6 Å². The van der Waals surface area contributed by atoms with Crippen molar-refractivity contribution in [2.75, 3.05) is 18.1 Å². The number of carbonyl (C=O) groups is 1. The number of ether oxygens (including phenoxy) is 1. The number of pyridine rings is 1. The second-order valence-electron chi connectivity index (χ2n) is 9.05. The molecular weight excluding hydrogens is 454 g/mol. The van der Waals surface area contributed by atoms with Crippen LogP contribution in [0.4, 0.5) is 5.82 Å². The van der Waals surface area contributed by atoms with Crippen molar-refractivity contribution in [3.05, 3.63) is 60.3 Å². The van der Waals surface area contributed by atoms with Gasteiger partial charge in [0, 0.05) is 24.3 Å². The number of amides is 1. The van der Waals surface area contributed by atoms with Crippen LogP contribution in [0.2, 0.25) is 0 Å². The monoisotopic (exact) mass is 483 g/mol. The molecule has 2 aromatic heterocycles. The smallest absolute Gasteiger partial charge is 0.268 e. The average Bonchev–Trinajstić information content (AvgIpc) is 3.36. The van der Waals surface area contributed by atoms with Gasteiger partial charge in [-0.1, -0.05) is 25.1 Å². The molecule has 0 radical (unpaired) electrons. The molecule has 1 unspecified atom stereocenters. The van der Waals surface area contributed by atoms with Crippen LogP contribution >= 0.6 is 0 Å². The SMILES string of the molecule is CCOc1ccn(-c2ccc(C(=O)NS(=O)(=O)c3ccccc3)c(N3CC(C)CC3(C)C)n2)n1. The van der Waals surface area contributed by atoms with Gasteiger partial charge in [0.1, 0.15) is 5.82 Å². The molecule has 1 N–H and O–H groups in total. The van der Waals surface area contributed by atoms with Gasteiger partial charge in [-0.2, -0.15) is 0 Å². The van der Waals surface area contributed by atoms with Gasteiger partial charge in [-0.3, -0.25) is 4.79 Å². The molecule has 9 nitrogen and oxygen atoms in total. The fourth-order valence-electron chi connectivity index (χ4n) is 4.40. The first-order valence-electron chi connectivity index (χ1n) is 11.2. The van der Waals surface area contributed by atoms with Crippen LogP contribution in [0.5, 0.6) is 5.88 Å². The quantitative estimate of drug-likeness (QED) is 0.549. The number of hydrogen-bond acceptors (Lipinski definition) is 7. The lowest BCUT2D eigenvalue weighted by atomic mass is 9.97. The average molecular weight is 484 g/mol. The lowest BCUT2D eigenvalue weighted by Gasteiger charge is -2.34. The summed E-state index contributed by atoms with van der Waals surface area (Å²) in [5.41, 5.74) is -0.0819. The largest absolute Gasteiger partial charge is 0.477 e. The molecule has 0 saturated carbocycles. The topological polar surface area (TPSA) is 106 Å². The first-order valence-corrected chi connectivity index (χ1v) is 12.7. The highest BCUT2D eigenvalue weighted by Gasteiger charge is 2.39. The van der Waals surface area contributed by atoms with Crippen molar-refractivity contribution in [3.8, 4) is 11.7 Å². The second-order valence-corrected chi connectivity index (χ2v) is 10.7. The normalized spacial score (nSPS) is 17.5. The van der Waals surface area contributed by atoms with Gasteiger partial charge in [0.15, 0.2) is 5.82 Å². The molecule has 1 aliphatic heterocycles. The van der Waals surface area contributed by atoms with Crippen LogP contribution in [0.3, 0.4) is 0 Å². The first-order chi connectivity index (χ1) is 16.1. The fourth-order valence-corrected chi connectivity index (χ4v) is 5.39. The van der Waals surface area contributed by atoms with Crippen LogP contribution in [0.25, 0.3) is 5.82 Å². The van der Waals surface area contributed by atoms with Crippen LogP contribution in [0.1, 0.15) is 44.5 Å². The summed E-state index contributed by atoms with van der Waals surface area (Å²) in [6.07, 6.45) is 2.65. The van der Waals surface area contributed by atoms with E-state index in [-0.39, 0.29) is 16.0 Å². The molecule has 1 atom stereocenters. The summed E-state index contributed by atoms with van der Waals surface area (Å²) >= 11 is 0. The maximum atomic E-state index is 13.2. The number of aromatic nitrogens is 3. The zero-order valence-electron chi connectivity index (χ0n) is 19.7. The van der Waals surface area contributed by atoms with Crippen molar-refractivity contribution >= 4 is 21.7 Å². The first kappa shape index (κ1) is 23.7. The molecule has 3 aromatic rings. The van der Waals surface area contributed by atoms with E-state index in [1.165, 1.54) is 12.1 Å². The van der Waals surface area contributed by atoms with E-state index in [1.54, 1.807) is 47.3 Å². The number of carbonyl (C=O) groups excluding carboxylic acids is 1. The molecule has 4 rings (SSSR count). The molecular formula is C24H29N5O4S. The van der Waals surface area contributed by atoms with E-state index in [2.05, 4.69) is 35.5 Å². The Hall–Kier alpha value is -3.40. The Morgan fingerprint density at radius 3 is 2.56 bits per heavy atom. The Labute approximate surface area is 199 Å². The van der Waals surface area contributed by atoms with Gasteiger partial charge in [-0.25, -0.2) is 22.8 Å². The molecule has 0 spiro atoms. The predicted octanol–water partition coefficient (Wildman–Crippen LogP) is 3.41. The summed E-state index contributed by atoms with van der Waals surface area (Å²) in [5, 5.41) is 4.38. The van der Waals surface area contributed by atoms with Gasteiger partial charge in [-0.15, -0.1) is 5.10 Å². The van der Waals surface area contributed by atoms with Crippen molar-refractivity contribution in [2.24, 2.45) is 5.92 Å². The number of rotatable bonds is 7. The molecule has 1 aromatic carbocycles. The Morgan fingerprint density at radius 1 is 1.18 bits per heavy atom. The van der Waals surface area contributed by atoms with Crippen LogP contribution in [0.15, 0.2) is 59.6 Å². The van der Waals surface area contributed by atoms with Crippen molar-refractivity contribution in [3.63, 3.8) is 0 Å². The molecule has 1 aliphatic rings. The fraction of sp³-hybridized carbons (Fsp3) is 0.375. The standard InChI is InChI=1S/C24H29N5O4S/c1-5-33-21-13-14-29(26-21)20-12-11-19(22(25-20)28-16-17(2)15-24(28,3)4)23(30)27-34(31,32)18-9-7-6-8-10-18/h6-14,17H,5,15-16H2,1-4H3,(H,27,30). The van der Waals surface area contributed by atoms with Crippen LogP contribution in [-0.2, 0) is 10.0 Å². The third-order valence-electron chi connectivity index (χ3n) is 5.81. The molecule has 0 bridgehead atoms. The molecule has 34 heavy (non-hydrogen) atoms. The Bertz CT molecular complexity index is 1290. The summed E-state index contributed by atoms with van der Waals surface area (Å²) in [5.74, 6) is 1.04. The maximum Gasteiger partial charge on any atom is 0.268 e. The zero-order chi connectivity index (χ0) is 24.5. The molecule has 1 amide bonds. The lowest BCUT2D eigenvalue weighted by molar-refractivity contribution is 0.0981. The van der Waals surface area contributed by atoms with Crippen LogP contribution < -0.4 is 14.4 Å². The van der Waals surface area contributed by atoms with E-state index in [0.29, 0.717) is 36.6 Å². The van der Waals surface area contributed by atoms with Gasteiger partial charge in [0.25, 0.3) is 15.9 Å². The van der Waals surface area contributed by atoms with E-state index in [1.807, 2.05) is 6.92 Å². The van der Waals surface area contributed by atoms with Crippen LogP contribution in [-0.4, -0.2) is 47.8 Å². The zero-order valence-corrected chi connectivity index (χ0v) is 20.5. The third-order valence-corrected chi connectivity index (χ3v) is 7.15. The molecule has 1 fully saturated rings. The molecule has 180 valence electrons. The summed E-state index contributed by atoms with van der Waals surface area (Å²) in [6.45, 7) is 9.39. The minimum Gasteiger partial charge on any atom is -0.477 e. The third kappa shape index (κ3) is 4.77. The highest BCUT2D eigenvalue weighted by Crippen LogP contribution is 2.37. The lowest BCUT2D eigenvalue weighted by Crippen LogP contribution is -2.41. The molecule has 1 saturated heterocycles. The molecule has 3 heterocycles. The van der Waals surface area contributed by atoms with E-state index in [0.717, 1.165) is 6.42 Å². The van der Waals surface area contributed by atoms with Crippen LogP contribution in [0, 0.1) is 5.92 Å². The summed E-state index contributed by atoms with van der Waals surface area (Å²) in [4.78, 5) is 20.1. The number of anilines is 1. The highest BCUT2D eigenvalue weighted by atomic mass is 32.2. The Balaban J connectivity index is 1.74. The van der Waals surface area contributed by atoms with Gasteiger partial charge < -0.3 is 9.64 Å². The van der Waals surface area contributed by atoms with Crippen molar-refractivity contribution in [1.29, 1.82) is 0 Å². The minimum atomic E-state index is -4.03. The minimum absolute atomic E-state index is 0.0181. The number of nitrogens with zero attached hydrogens (tertiary/aromatic N) is 4. The maximum absolute atomic E-state index is 13.2. The number of benzene rings is 1. The Morgan fingerprint density at radius 2 is 1.91 bits per heavy atom.